The van der Waals surface area contributed by atoms with Crippen LogP contribution in [-0.4, -0.2) is 50.4 Å². The predicted molar refractivity (Wildman–Crippen MR) is 97.4 cm³/mol. The van der Waals surface area contributed by atoms with Crippen LogP contribution in [0.2, 0.25) is 0 Å². The van der Waals surface area contributed by atoms with Gasteiger partial charge in [-0.1, -0.05) is 13.8 Å². The zero-order valence-corrected chi connectivity index (χ0v) is 16.0. The first-order valence-electron chi connectivity index (χ1n) is 9.75. The lowest BCUT2D eigenvalue weighted by atomic mass is 9.57. The summed E-state index contributed by atoms with van der Waals surface area (Å²) < 4.78 is 11.0. The van der Waals surface area contributed by atoms with E-state index in [-0.39, 0.29) is 17.3 Å². The first-order chi connectivity index (χ1) is 12.0. The fraction of sp³-hybridized carbons (Fsp3) is 0.895. The van der Waals surface area contributed by atoms with Crippen molar-refractivity contribution >= 4 is 11.9 Å². The van der Waals surface area contributed by atoms with Gasteiger partial charge in [-0.2, -0.15) is 0 Å². The highest BCUT2D eigenvalue weighted by molar-refractivity contribution is 5.80. The SMILES string of the molecule is CCOC(=O)C1CCC(NC(=NC)NC2C3CCOC3C2(C)C)CC1. The van der Waals surface area contributed by atoms with E-state index in [0.29, 0.717) is 30.7 Å². The van der Waals surface area contributed by atoms with Gasteiger partial charge in [0.25, 0.3) is 0 Å². The number of fused-ring (bicyclic) bond motifs is 1. The number of hydrogen-bond donors (Lipinski definition) is 2. The Morgan fingerprint density at radius 3 is 2.56 bits per heavy atom. The van der Waals surface area contributed by atoms with Crippen LogP contribution in [0.3, 0.4) is 0 Å². The van der Waals surface area contributed by atoms with Gasteiger partial charge >= 0.3 is 5.97 Å². The van der Waals surface area contributed by atoms with Crippen LogP contribution in [0.25, 0.3) is 0 Å². The van der Waals surface area contributed by atoms with E-state index in [1.54, 1.807) is 0 Å². The van der Waals surface area contributed by atoms with Crippen LogP contribution in [0.5, 0.6) is 0 Å². The van der Waals surface area contributed by atoms with Crippen molar-refractivity contribution in [2.45, 2.75) is 71.1 Å². The van der Waals surface area contributed by atoms with Gasteiger partial charge in [-0.25, -0.2) is 0 Å². The van der Waals surface area contributed by atoms with Crippen molar-refractivity contribution < 1.29 is 14.3 Å². The maximum atomic E-state index is 11.9. The van der Waals surface area contributed by atoms with Gasteiger partial charge in [-0.05, 0) is 39.0 Å². The summed E-state index contributed by atoms with van der Waals surface area (Å²) in [5, 5.41) is 7.19. The quantitative estimate of drug-likeness (QED) is 0.461. The summed E-state index contributed by atoms with van der Waals surface area (Å²) in [5.74, 6) is 1.50. The molecule has 142 valence electrons. The fourth-order valence-corrected chi connectivity index (χ4v) is 4.86. The molecule has 0 bridgehead atoms. The van der Waals surface area contributed by atoms with Crippen molar-refractivity contribution in [1.29, 1.82) is 0 Å². The maximum absolute atomic E-state index is 11.9. The van der Waals surface area contributed by atoms with Crippen molar-refractivity contribution in [1.82, 2.24) is 10.6 Å². The average molecular weight is 351 g/mol. The van der Waals surface area contributed by atoms with Crippen molar-refractivity contribution in [2.75, 3.05) is 20.3 Å². The van der Waals surface area contributed by atoms with Crippen LogP contribution in [-0.2, 0) is 14.3 Å². The number of carbonyl (C=O) groups is 1. The largest absolute Gasteiger partial charge is 0.466 e. The monoisotopic (exact) mass is 351 g/mol. The van der Waals surface area contributed by atoms with Gasteiger partial charge in [-0.15, -0.1) is 0 Å². The Balaban J connectivity index is 1.48. The minimum Gasteiger partial charge on any atom is -0.466 e. The van der Waals surface area contributed by atoms with E-state index in [1.807, 2.05) is 14.0 Å². The van der Waals surface area contributed by atoms with Crippen LogP contribution in [0.1, 0.15) is 52.9 Å². The molecule has 0 aromatic carbocycles. The highest BCUT2D eigenvalue weighted by Gasteiger charge is 2.59. The van der Waals surface area contributed by atoms with E-state index in [4.69, 9.17) is 9.47 Å². The summed E-state index contributed by atoms with van der Waals surface area (Å²) in [4.78, 5) is 16.3. The van der Waals surface area contributed by atoms with E-state index in [2.05, 4.69) is 29.5 Å². The summed E-state index contributed by atoms with van der Waals surface area (Å²) >= 11 is 0. The molecular formula is C19H33N3O3. The summed E-state index contributed by atoms with van der Waals surface area (Å²) in [7, 11) is 1.83. The average Bonchev–Trinajstić information content (AvgIpc) is 3.06. The molecule has 1 heterocycles. The van der Waals surface area contributed by atoms with Gasteiger partial charge in [0, 0.05) is 37.1 Å². The number of guanidine groups is 1. The standard InChI is InChI=1S/C19H33N3O3/c1-5-24-17(23)12-6-8-13(9-7-12)21-18(20-4)22-15-14-10-11-25-16(14)19(15,2)3/h12-16H,5-11H2,1-4H3,(H2,20,21,22). The molecule has 6 heteroatoms. The maximum Gasteiger partial charge on any atom is 0.308 e. The molecule has 2 N–H and O–H groups in total. The van der Waals surface area contributed by atoms with E-state index in [1.165, 1.54) is 0 Å². The molecule has 3 fully saturated rings. The Morgan fingerprint density at radius 2 is 1.92 bits per heavy atom. The summed E-state index contributed by atoms with van der Waals surface area (Å²) in [6.07, 6.45) is 5.25. The molecular weight excluding hydrogens is 318 g/mol. The number of esters is 1. The van der Waals surface area contributed by atoms with Crippen molar-refractivity contribution in [3.63, 3.8) is 0 Å². The minimum atomic E-state index is -0.0352. The second-order valence-corrected chi connectivity index (χ2v) is 8.20. The second kappa shape index (κ2) is 7.52. The van der Waals surface area contributed by atoms with E-state index >= 15 is 0 Å². The fourth-order valence-electron chi connectivity index (χ4n) is 4.86. The summed E-state index contributed by atoms with van der Waals surface area (Å²) in [5.41, 5.74) is 0.139. The molecule has 2 saturated carbocycles. The molecule has 0 amide bonds. The molecule has 0 spiro atoms. The molecule has 3 unspecified atom stereocenters. The molecule has 3 rings (SSSR count). The molecule has 3 aliphatic rings. The molecule has 6 nitrogen and oxygen atoms in total. The number of nitrogens with one attached hydrogen (secondary N) is 2. The Labute approximate surface area is 151 Å². The van der Waals surface area contributed by atoms with Crippen LogP contribution >= 0.6 is 0 Å². The molecule has 0 aromatic rings. The third-order valence-corrected chi connectivity index (χ3v) is 6.30. The van der Waals surface area contributed by atoms with Gasteiger partial charge in [0.2, 0.25) is 0 Å². The van der Waals surface area contributed by atoms with Crippen LogP contribution in [0.4, 0.5) is 0 Å². The van der Waals surface area contributed by atoms with E-state index in [9.17, 15) is 4.79 Å². The zero-order chi connectivity index (χ0) is 18.0. The van der Waals surface area contributed by atoms with Gasteiger partial charge in [0.15, 0.2) is 5.96 Å². The third kappa shape index (κ3) is 3.64. The highest BCUT2D eigenvalue weighted by atomic mass is 16.5. The Bertz CT molecular complexity index is 512. The number of carbonyl (C=O) groups excluding carboxylic acids is 1. The predicted octanol–water partition coefficient (Wildman–Crippen LogP) is 2.09. The van der Waals surface area contributed by atoms with Gasteiger partial charge in [0.05, 0.1) is 18.6 Å². The molecule has 0 radical (unpaired) electrons. The van der Waals surface area contributed by atoms with Crippen LogP contribution < -0.4 is 10.6 Å². The van der Waals surface area contributed by atoms with E-state index in [0.717, 1.165) is 44.7 Å². The number of rotatable bonds is 4. The normalized spacial score (nSPS) is 37.0. The first kappa shape index (κ1) is 18.5. The summed E-state index contributed by atoms with van der Waals surface area (Å²) in [6, 6.07) is 0.776. The van der Waals surface area contributed by atoms with Crippen molar-refractivity contribution in [3.8, 4) is 0 Å². The number of nitrogens with zero attached hydrogens (tertiary/aromatic N) is 1. The molecule has 1 aliphatic heterocycles. The lowest BCUT2D eigenvalue weighted by molar-refractivity contribution is -0.149. The highest BCUT2D eigenvalue weighted by Crippen LogP contribution is 2.52. The van der Waals surface area contributed by atoms with Crippen molar-refractivity contribution in [3.05, 3.63) is 0 Å². The van der Waals surface area contributed by atoms with Gasteiger partial charge in [0.1, 0.15) is 0 Å². The molecule has 25 heavy (non-hydrogen) atoms. The zero-order valence-electron chi connectivity index (χ0n) is 16.0. The first-order valence-corrected chi connectivity index (χ1v) is 9.75. The molecule has 1 saturated heterocycles. The molecule has 0 aromatic heterocycles. The lowest BCUT2D eigenvalue weighted by Crippen LogP contribution is -2.68. The molecule has 3 atom stereocenters. The second-order valence-electron chi connectivity index (χ2n) is 8.20. The smallest absolute Gasteiger partial charge is 0.308 e. The van der Waals surface area contributed by atoms with Crippen molar-refractivity contribution in [2.24, 2.45) is 22.2 Å². The Morgan fingerprint density at radius 1 is 1.20 bits per heavy atom. The Kier molecular flexibility index (Phi) is 5.56. The third-order valence-electron chi connectivity index (χ3n) is 6.30. The Hall–Kier alpha value is -1.30. The number of aliphatic imine (C=N–C) groups is 1. The summed E-state index contributed by atoms with van der Waals surface area (Å²) in [6.45, 7) is 7.75. The van der Waals surface area contributed by atoms with Crippen LogP contribution in [0.15, 0.2) is 4.99 Å². The van der Waals surface area contributed by atoms with Crippen LogP contribution in [0, 0.1) is 17.3 Å². The lowest BCUT2D eigenvalue weighted by Gasteiger charge is -2.55. The van der Waals surface area contributed by atoms with Gasteiger partial charge < -0.3 is 20.1 Å². The van der Waals surface area contributed by atoms with E-state index < -0.39 is 0 Å². The molecule has 2 aliphatic carbocycles. The number of ether oxygens (including phenoxy) is 2. The number of hydrogen-bond acceptors (Lipinski definition) is 4. The van der Waals surface area contributed by atoms with Gasteiger partial charge in [-0.3, -0.25) is 9.79 Å². The minimum absolute atomic E-state index is 0.0352. The topological polar surface area (TPSA) is 72.0 Å².